The zero-order valence-electron chi connectivity index (χ0n) is 19.4. The summed E-state index contributed by atoms with van der Waals surface area (Å²) < 4.78 is 0. The summed E-state index contributed by atoms with van der Waals surface area (Å²) in [6.45, 7) is 4.76. The van der Waals surface area contributed by atoms with Crippen LogP contribution < -0.4 is 10.2 Å². The molecule has 0 aromatic heterocycles. The van der Waals surface area contributed by atoms with Crippen LogP contribution in [0.15, 0.2) is 78.9 Å². The molecule has 1 aliphatic rings. The van der Waals surface area contributed by atoms with Crippen molar-refractivity contribution in [1.82, 2.24) is 4.90 Å². The topological polar surface area (TPSA) is 95.8 Å². The Morgan fingerprint density at radius 2 is 1.63 bits per heavy atom. The smallest absolute Gasteiger partial charge is 0.270 e. The Kier molecular flexibility index (Phi) is 7.21. The lowest BCUT2D eigenvalue weighted by molar-refractivity contribution is -0.384. The summed E-state index contributed by atoms with van der Waals surface area (Å²) >= 11 is 0. The summed E-state index contributed by atoms with van der Waals surface area (Å²) in [7, 11) is 0. The molecule has 1 N–H and O–H groups in total. The quantitative estimate of drug-likeness (QED) is 0.325. The van der Waals surface area contributed by atoms with Gasteiger partial charge in [0.25, 0.3) is 11.6 Å². The minimum Gasteiger partial charge on any atom is -0.368 e. The summed E-state index contributed by atoms with van der Waals surface area (Å²) in [6.07, 6.45) is 2.88. The van der Waals surface area contributed by atoms with Crippen LogP contribution in [0, 0.1) is 17.0 Å². The highest BCUT2D eigenvalue weighted by atomic mass is 16.6. The molecule has 178 valence electrons. The molecule has 0 bridgehead atoms. The van der Waals surface area contributed by atoms with Crippen molar-refractivity contribution in [3.8, 4) is 0 Å². The van der Waals surface area contributed by atoms with Gasteiger partial charge in [0.1, 0.15) is 0 Å². The van der Waals surface area contributed by atoms with Crippen LogP contribution in [0.5, 0.6) is 0 Å². The van der Waals surface area contributed by atoms with Gasteiger partial charge in [-0.3, -0.25) is 19.7 Å². The Labute approximate surface area is 203 Å². The summed E-state index contributed by atoms with van der Waals surface area (Å²) in [4.78, 5) is 39.5. The van der Waals surface area contributed by atoms with E-state index in [1.165, 1.54) is 24.3 Å². The molecule has 0 aliphatic carbocycles. The molecule has 3 aromatic rings. The molecule has 3 aromatic carbocycles. The number of nitro benzene ring substituents is 1. The molecule has 1 heterocycles. The molecule has 0 spiro atoms. The summed E-state index contributed by atoms with van der Waals surface area (Å²) in [5, 5.41) is 13.7. The minimum absolute atomic E-state index is 0.0245. The van der Waals surface area contributed by atoms with Gasteiger partial charge in [-0.1, -0.05) is 29.8 Å². The molecule has 0 atom stereocenters. The number of nitrogens with zero attached hydrogens (tertiary/aromatic N) is 3. The third-order valence-corrected chi connectivity index (χ3v) is 5.87. The highest BCUT2D eigenvalue weighted by Gasteiger charge is 2.22. The van der Waals surface area contributed by atoms with E-state index in [-0.39, 0.29) is 17.5 Å². The zero-order chi connectivity index (χ0) is 24.8. The second-order valence-electron chi connectivity index (χ2n) is 8.37. The van der Waals surface area contributed by atoms with E-state index in [2.05, 4.69) is 10.2 Å². The normalized spacial score (nSPS) is 13.6. The number of nitrogens with one attached hydrogen (secondary N) is 1. The van der Waals surface area contributed by atoms with Crippen molar-refractivity contribution in [2.45, 2.75) is 6.92 Å². The Balaban J connectivity index is 1.29. The first-order chi connectivity index (χ1) is 16.9. The predicted molar refractivity (Wildman–Crippen MR) is 136 cm³/mol. The number of carbonyl (C=O) groups is 2. The van der Waals surface area contributed by atoms with Crippen LogP contribution in [0.3, 0.4) is 0 Å². The van der Waals surface area contributed by atoms with Crippen molar-refractivity contribution < 1.29 is 14.5 Å². The number of anilines is 2. The molecule has 8 nitrogen and oxygen atoms in total. The molecular formula is C27H26N4O4. The third-order valence-electron chi connectivity index (χ3n) is 5.87. The monoisotopic (exact) mass is 470 g/mol. The van der Waals surface area contributed by atoms with Crippen LogP contribution in [-0.4, -0.2) is 47.8 Å². The van der Waals surface area contributed by atoms with Crippen LogP contribution in [0.25, 0.3) is 6.08 Å². The van der Waals surface area contributed by atoms with E-state index >= 15 is 0 Å². The van der Waals surface area contributed by atoms with Gasteiger partial charge in [0.05, 0.1) is 4.92 Å². The van der Waals surface area contributed by atoms with Gasteiger partial charge < -0.3 is 15.1 Å². The fraction of sp³-hybridized carbons (Fsp3) is 0.185. The first-order valence-electron chi connectivity index (χ1n) is 11.3. The number of rotatable bonds is 6. The lowest BCUT2D eigenvalue weighted by Gasteiger charge is -2.36. The molecule has 0 radical (unpaired) electrons. The fourth-order valence-corrected chi connectivity index (χ4v) is 3.90. The molecule has 8 heteroatoms. The van der Waals surface area contributed by atoms with Gasteiger partial charge in [-0.15, -0.1) is 0 Å². The van der Waals surface area contributed by atoms with Gasteiger partial charge in [0, 0.05) is 61.3 Å². The van der Waals surface area contributed by atoms with E-state index in [1.807, 2.05) is 60.4 Å². The van der Waals surface area contributed by atoms with Crippen LogP contribution >= 0.6 is 0 Å². The number of hydrogen-bond donors (Lipinski definition) is 1. The largest absolute Gasteiger partial charge is 0.368 e. The number of hydrogen-bond acceptors (Lipinski definition) is 5. The maximum absolute atomic E-state index is 12.7. The standard InChI is InChI=1S/C27H26N4O4/c1-20-5-8-22(9-6-20)27(33)30-17-15-29(16-18-30)24-12-10-23(11-13-24)28-26(32)14-7-21-3-2-4-25(19-21)31(34)35/h2-14,19H,15-18H2,1H3,(H,28,32)/b14-7+. The van der Waals surface area contributed by atoms with E-state index in [9.17, 15) is 19.7 Å². The molecule has 0 saturated carbocycles. The molecule has 1 aliphatic heterocycles. The molecule has 2 amide bonds. The van der Waals surface area contributed by atoms with E-state index in [4.69, 9.17) is 0 Å². The van der Waals surface area contributed by atoms with Crippen LogP contribution in [0.2, 0.25) is 0 Å². The van der Waals surface area contributed by atoms with Gasteiger partial charge in [-0.25, -0.2) is 0 Å². The first kappa shape index (κ1) is 23.7. The molecule has 0 unspecified atom stereocenters. The highest BCUT2D eigenvalue weighted by molar-refractivity contribution is 6.02. The summed E-state index contributed by atoms with van der Waals surface area (Å²) in [6, 6.07) is 21.3. The van der Waals surface area contributed by atoms with Crippen molar-refractivity contribution in [1.29, 1.82) is 0 Å². The third kappa shape index (κ3) is 6.11. The Bertz CT molecular complexity index is 1240. The Morgan fingerprint density at radius 3 is 2.29 bits per heavy atom. The van der Waals surface area contributed by atoms with Crippen molar-refractivity contribution >= 4 is 35.0 Å². The first-order valence-corrected chi connectivity index (χ1v) is 11.3. The van der Waals surface area contributed by atoms with Gasteiger partial charge in [0.15, 0.2) is 0 Å². The number of piperazine rings is 1. The van der Waals surface area contributed by atoms with Gasteiger partial charge in [-0.05, 0) is 55.0 Å². The molecule has 1 fully saturated rings. The lowest BCUT2D eigenvalue weighted by atomic mass is 10.1. The Hall–Kier alpha value is -4.46. The SMILES string of the molecule is Cc1ccc(C(=O)N2CCN(c3ccc(NC(=O)/C=C/c4cccc([N+](=O)[O-])c4)cc3)CC2)cc1. The lowest BCUT2D eigenvalue weighted by Crippen LogP contribution is -2.48. The highest BCUT2D eigenvalue weighted by Crippen LogP contribution is 2.21. The number of non-ortho nitro benzene ring substituents is 1. The molecule has 1 saturated heterocycles. The summed E-state index contributed by atoms with van der Waals surface area (Å²) in [5.74, 6) is -0.270. The van der Waals surface area contributed by atoms with E-state index in [0.717, 1.165) is 24.3 Å². The van der Waals surface area contributed by atoms with Crippen molar-refractivity contribution in [2.24, 2.45) is 0 Å². The molecular weight excluding hydrogens is 444 g/mol. The van der Waals surface area contributed by atoms with E-state index in [0.29, 0.717) is 29.9 Å². The maximum atomic E-state index is 12.7. The van der Waals surface area contributed by atoms with Crippen molar-refractivity contribution in [3.63, 3.8) is 0 Å². The average Bonchev–Trinajstić information content (AvgIpc) is 2.88. The molecule has 35 heavy (non-hydrogen) atoms. The van der Waals surface area contributed by atoms with Crippen molar-refractivity contribution in [2.75, 3.05) is 36.4 Å². The number of aryl methyl sites for hydroxylation is 1. The minimum atomic E-state index is -0.471. The van der Waals surface area contributed by atoms with Gasteiger partial charge in [-0.2, -0.15) is 0 Å². The second kappa shape index (κ2) is 10.6. The number of benzene rings is 3. The fourth-order valence-electron chi connectivity index (χ4n) is 3.90. The number of carbonyl (C=O) groups excluding carboxylic acids is 2. The molecule has 4 rings (SSSR count). The predicted octanol–water partition coefficient (Wildman–Crippen LogP) is 4.52. The van der Waals surface area contributed by atoms with Crippen molar-refractivity contribution in [3.05, 3.63) is 106 Å². The maximum Gasteiger partial charge on any atom is 0.270 e. The average molecular weight is 471 g/mol. The van der Waals surface area contributed by atoms with E-state index in [1.54, 1.807) is 12.1 Å². The van der Waals surface area contributed by atoms with Crippen LogP contribution in [-0.2, 0) is 4.79 Å². The van der Waals surface area contributed by atoms with Gasteiger partial charge in [0.2, 0.25) is 5.91 Å². The second-order valence-corrected chi connectivity index (χ2v) is 8.37. The number of amides is 2. The zero-order valence-corrected chi connectivity index (χ0v) is 19.4. The van der Waals surface area contributed by atoms with Crippen LogP contribution in [0.1, 0.15) is 21.5 Å². The Morgan fingerprint density at radius 1 is 0.943 bits per heavy atom. The van der Waals surface area contributed by atoms with E-state index < -0.39 is 4.92 Å². The summed E-state index contributed by atoms with van der Waals surface area (Å²) in [5.41, 5.74) is 4.06. The van der Waals surface area contributed by atoms with Crippen LogP contribution in [0.4, 0.5) is 17.1 Å². The van der Waals surface area contributed by atoms with Gasteiger partial charge >= 0.3 is 0 Å². The number of nitro groups is 1.